The molecule has 3 rings (SSSR count). The van der Waals surface area contributed by atoms with E-state index in [1.54, 1.807) is 6.07 Å². The zero-order valence-corrected chi connectivity index (χ0v) is 21.9. The Morgan fingerprint density at radius 3 is 1.41 bits per heavy atom. The summed E-state index contributed by atoms with van der Waals surface area (Å²) in [5.74, 6) is 0. The van der Waals surface area contributed by atoms with Crippen LogP contribution in [0.25, 0.3) is 0 Å². The van der Waals surface area contributed by atoms with Gasteiger partial charge in [-0.25, -0.2) is 0 Å². The predicted octanol–water partition coefficient (Wildman–Crippen LogP) is 7.78. The maximum atomic E-state index is 17.3. The summed E-state index contributed by atoms with van der Waals surface area (Å²) in [5, 5.41) is 0. The van der Waals surface area contributed by atoms with E-state index in [0.29, 0.717) is 0 Å². The summed E-state index contributed by atoms with van der Waals surface area (Å²) in [5.41, 5.74) is 0.246. The molecule has 0 fully saturated rings. The van der Waals surface area contributed by atoms with Gasteiger partial charge in [0.25, 0.3) is 0 Å². The summed E-state index contributed by atoms with van der Waals surface area (Å²) in [4.78, 5) is 0. The summed E-state index contributed by atoms with van der Waals surface area (Å²) in [6.45, 7) is 7.99. The van der Waals surface area contributed by atoms with E-state index in [4.69, 9.17) is 0 Å². The molecule has 0 aliphatic carbocycles. The predicted molar refractivity (Wildman–Crippen MR) is 126 cm³/mol. The van der Waals surface area contributed by atoms with Gasteiger partial charge in [0.2, 0.25) is 0 Å². The van der Waals surface area contributed by atoms with Crippen LogP contribution in [-0.4, -0.2) is 18.9 Å². The van der Waals surface area contributed by atoms with Crippen LogP contribution in [0, 0.1) is 0 Å². The molecule has 0 amide bonds. The molecule has 0 saturated carbocycles. The first kappa shape index (κ1) is 24.8. The number of hydrogen-bond acceptors (Lipinski definition) is 0. The van der Waals surface area contributed by atoms with Gasteiger partial charge in [-0.1, -0.05) is 0 Å². The summed E-state index contributed by atoms with van der Waals surface area (Å²) in [7, 11) is 0. The van der Waals surface area contributed by atoms with Crippen molar-refractivity contribution in [3.8, 4) is 0 Å². The van der Waals surface area contributed by atoms with Crippen molar-refractivity contribution in [1.82, 2.24) is 0 Å². The quantitative estimate of drug-likeness (QED) is 0.209. The first-order chi connectivity index (χ1) is 14.8. The molecular formula is C27H30F4Sn. The molecular weight excluding hydrogens is 519 g/mol. The Morgan fingerprint density at radius 2 is 1.00 bits per heavy atom. The molecule has 0 saturated heterocycles. The Bertz CT molecular complexity index is 971. The van der Waals surface area contributed by atoms with Crippen LogP contribution in [0.15, 0.2) is 84.9 Å². The van der Waals surface area contributed by atoms with Crippen molar-refractivity contribution in [3.63, 3.8) is 0 Å². The van der Waals surface area contributed by atoms with Crippen LogP contribution in [0.5, 0.6) is 0 Å². The van der Waals surface area contributed by atoms with E-state index in [9.17, 15) is 13.2 Å². The Hall–Kier alpha value is -1.82. The molecule has 3 aromatic carbocycles. The van der Waals surface area contributed by atoms with Crippen LogP contribution >= 0.6 is 0 Å². The van der Waals surface area contributed by atoms with Gasteiger partial charge in [0, 0.05) is 0 Å². The van der Waals surface area contributed by atoms with Crippen molar-refractivity contribution in [2.75, 3.05) is 0 Å². The van der Waals surface area contributed by atoms with Crippen LogP contribution in [0.1, 0.15) is 44.4 Å². The van der Waals surface area contributed by atoms with Crippen molar-refractivity contribution in [2.45, 2.75) is 53.6 Å². The van der Waals surface area contributed by atoms with Crippen molar-refractivity contribution < 1.29 is 16.0 Å². The van der Waals surface area contributed by atoms with Crippen LogP contribution < -0.4 is 3.58 Å². The summed E-state index contributed by atoms with van der Waals surface area (Å²) in [6.07, 6.45) is -4.49. The Labute approximate surface area is 193 Å². The van der Waals surface area contributed by atoms with Crippen LogP contribution in [0.4, 0.5) is 16.0 Å². The van der Waals surface area contributed by atoms with Gasteiger partial charge < -0.3 is 0 Å². The molecule has 0 aliphatic heterocycles. The van der Waals surface area contributed by atoms with Crippen molar-refractivity contribution in [1.29, 1.82) is 0 Å². The number of rotatable bonds is 7. The van der Waals surface area contributed by atoms with Crippen LogP contribution in [0.3, 0.4) is 0 Å². The third kappa shape index (κ3) is 5.75. The molecule has 0 bridgehead atoms. The minimum absolute atomic E-state index is 0.267. The van der Waals surface area contributed by atoms with Gasteiger partial charge in [-0.15, -0.1) is 0 Å². The summed E-state index contributed by atoms with van der Waals surface area (Å²) < 4.78 is 58.5. The molecule has 0 atom stereocenters. The van der Waals surface area contributed by atoms with E-state index in [1.807, 2.05) is 88.4 Å². The average Bonchev–Trinajstić information content (AvgIpc) is 2.74. The molecule has 0 heterocycles. The fourth-order valence-electron chi connectivity index (χ4n) is 4.62. The molecule has 5 heteroatoms. The number of alkyl halides is 3. The summed E-state index contributed by atoms with van der Waals surface area (Å²) >= 11 is -4.84. The Balaban J connectivity index is 2.09. The SMILES string of the molecule is CC(C)([CH2][Sn]([F])([CH2]C(C)(C)c1ccccc1)[c]1cccc(C(F)(F)F)c1)c1ccccc1. The van der Waals surface area contributed by atoms with Gasteiger partial charge in [0.05, 0.1) is 0 Å². The molecule has 0 spiro atoms. The average molecular weight is 549 g/mol. The number of halogens is 4. The second-order valence-corrected chi connectivity index (χ2v) is 19.1. The minimum atomic E-state index is -4.84. The van der Waals surface area contributed by atoms with Gasteiger partial charge in [-0.2, -0.15) is 0 Å². The van der Waals surface area contributed by atoms with Gasteiger partial charge in [0.15, 0.2) is 0 Å². The normalized spacial score (nSPS) is 13.2. The van der Waals surface area contributed by atoms with Crippen molar-refractivity contribution >= 4 is 22.5 Å². The standard InChI is InChI=1S/2C10H13.C7H4F3.FH.Sn/c2*1-10(2,3)9-7-5-4-6-8-9;8-7(9,10)6-4-2-1-3-5-6;;/h2*4-8H,1H2,2-3H3;1-2,4-5H;1H;/q;;;;+1/p-1. The van der Waals surface area contributed by atoms with Gasteiger partial charge in [-0.05, 0) is 0 Å². The molecule has 0 N–H and O–H groups in total. The zero-order chi connectivity index (χ0) is 23.6. The third-order valence-electron chi connectivity index (χ3n) is 6.26. The number of benzene rings is 3. The molecule has 0 unspecified atom stereocenters. The topological polar surface area (TPSA) is 0 Å². The Morgan fingerprint density at radius 1 is 0.594 bits per heavy atom. The van der Waals surface area contributed by atoms with E-state index < -0.39 is 41.5 Å². The second kappa shape index (κ2) is 9.20. The van der Waals surface area contributed by atoms with E-state index in [-0.39, 0.29) is 12.5 Å². The molecule has 0 aliphatic rings. The molecule has 0 aromatic heterocycles. The van der Waals surface area contributed by atoms with Crippen LogP contribution in [-0.2, 0) is 17.0 Å². The van der Waals surface area contributed by atoms with E-state index >= 15 is 2.87 Å². The van der Waals surface area contributed by atoms with E-state index in [2.05, 4.69) is 0 Å². The van der Waals surface area contributed by atoms with Crippen molar-refractivity contribution in [3.05, 3.63) is 102 Å². The van der Waals surface area contributed by atoms with Gasteiger partial charge in [-0.3, -0.25) is 0 Å². The molecule has 170 valence electrons. The molecule has 32 heavy (non-hydrogen) atoms. The fraction of sp³-hybridized carbons (Fsp3) is 0.333. The van der Waals surface area contributed by atoms with Gasteiger partial charge in [0.1, 0.15) is 0 Å². The van der Waals surface area contributed by atoms with Crippen LogP contribution in [0.2, 0.25) is 8.87 Å². The van der Waals surface area contributed by atoms with Gasteiger partial charge >= 0.3 is 194 Å². The molecule has 3 aromatic rings. The number of hydrogen-bond donors (Lipinski definition) is 0. The first-order valence-electron chi connectivity index (χ1n) is 10.8. The molecule has 0 nitrogen and oxygen atoms in total. The second-order valence-electron chi connectivity index (χ2n) is 9.90. The first-order valence-corrected chi connectivity index (χ1v) is 17.4. The van der Waals surface area contributed by atoms with E-state index in [0.717, 1.165) is 23.3 Å². The fourth-order valence-corrected chi connectivity index (χ4v) is 17.6. The monoisotopic (exact) mass is 550 g/mol. The zero-order valence-electron chi connectivity index (χ0n) is 19.0. The third-order valence-corrected chi connectivity index (χ3v) is 18.3. The summed E-state index contributed by atoms with van der Waals surface area (Å²) in [6, 6.07) is 24.4. The van der Waals surface area contributed by atoms with E-state index in [1.165, 1.54) is 6.07 Å². The molecule has 0 radical (unpaired) electrons. The Kier molecular flexibility index (Phi) is 7.14. The maximum absolute atomic E-state index is 17.3. The van der Waals surface area contributed by atoms with Crippen molar-refractivity contribution in [2.24, 2.45) is 0 Å².